The molecule has 146 valence electrons. The fourth-order valence-electron chi connectivity index (χ4n) is 3.33. The summed E-state index contributed by atoms with van der Waals surface area (Å²) >= 11 is 0. The van der Waals surface area contributed by atoms with E-state index in [9.17, 15) is 0 Å². The summed E-state index contributed by atoms with van der Waals surface area (Å²) < 4.78 is 16.6. The predicted octanol–water partition coefficient (Wildman–Crippen LogP) is 3.55. The van der Waals surface area contributed by atoms with Gasteiger partial charge in [-0.25, -0.2) is 0 Å². The highest BCUT2D eigenvalue weighted by Crippen LogP contribution is 2.42. The van der Waals surface area contributed by atoms with Crippen LogP contribution >= 0.6 is 24.8 Å². The summed E-state index contributed by atoms with van der Waals surface area (Å²) in [6.45, 7) is 8.71. The Kier molecular flexibility index (Phi) is 11.3. The lowest BCUT2D eigenvalue weighted by atomic mass is 9.89. The lowest BCUT2D eigenvalue weighted by molar-refractivity contribution is 0.125. The number of nitrogens with zero attached hydrogens (tertiary/aromatic N) is 1. The topological polar surface area (TPSA) is 43.0 Å². The van der Waals surface area contributed by atoms with Crippen molar-refractivity contribution in [1.29, 1.82) is 0 Å². The van der Waals surface area contributed by atoms with E-state index in [0.717, 1.165) is 44.1 Å². The number of halogens is 2. The number of ether oxygens (including phenoxy) is 3. The van der Waals surface area contributed by atoms with Crippen LogP contribution in [0.25, 0.3) is 0 Å². The van der Waals surface area contributed by atoms with E-state index in [0.29, 0.717) is 17.7 Å². The molecule has 0 aromatic heterocycles. The molecule has 1 aliphatic heterocycles. The van der Waals surface area contributed by atoms with Gasteiger partial charge in [-0.15, -0.1) is 24.8 Å². The van der Waals surface area contributed by atoms with Crippen LogP contribution < -0.4 is 19.5 Å². The lowest BCUT2D eigenvalue weighted by Gasteiger charge is -2.39. The molecule has 0 spiro atoms. The van der Waals surface area contributed by atoms with Crippen LogP contribution in [-0.4, -0.2) is 52.4 Å². The standard InChI is InChI=1S/C18H30N2O3.2ClH/c1-6-13(2)18(20-9-7-19-8-10-20)14-11-16(22-4)17(23-5)12-15(14)21-3;;/h11-13,18-19H,6-10H2,1-5H3;2*1H/t13?,18-;;/m1../s1. The minimum Gasteiger partial charge on any atom is -0.496 e. The molecule has 0 bridgehead atoms. The molecule has 1 unspecified atom stereocenters. The number of hydrogen-bond donors (Lipinski definition) is 1. The smallest absolute Gasteiger partial charge is 0.164 e. The fraction of sp³-hybridized carbons (Fsp3) is 0.667. The quantitative estimate of drug-likeness (QED) is 0.765. The molecule has 1 heterocycles. The van der Waals surface area contributed by atoms with Crippen molar-refractivity contribution in [2.24, 2.45) is 5.92 Å². The second-order valence-electron chi connectivity index (χ2n) is 6.07. The van der Waals surface area contributed by atoms with Crippen molar-refractivity contribution in [2.45, 2.75) is 26.3 Å². The first kappa shape index (κ1) is 24.1. The minimum absolute atomic E-state index is 0. The van der Waals surface area contributed by atoms with Gasteiger partial charge in [-0.1, -0.05) is 20.3 Å². The van der Waals surface area contributed by atoms with E-state index in [4.69, 9.17) is 14.2 Å². The minimum atomic E-state index is 0. The van der Waals surface area contributed by atoms with Crippen LogP contribution in [0.5, 0.6) is 17.2 Å². The van der Waals surface area contributed by atoms with Gasteiger partial charge in [0.25, 0.3) is 0 Å². The first-order chi connectivity index (χ1) is 11.2. The summed E-state index contributed by atoms with van der Waals surface area (Å²) in [6, 6.07) is 4.33. The van der Waals surface area contributed by atoms with E-state index in [-0.39, 0.29) is 24.8 Å². The molecule has 7 heteroatoms. The zero-order valence-corrected chi connectivity index (χ0v) is 17.5. The summed E-state index contributed by atoms with van der Waals surface area (Å²) in [5.74, 6) is 2.86. The highest BCUT2D eigenvalue weighted by atomic mass is 35.5. The second kappa shape index (κ2) is 11.7. The second-order valence-corrected chi connectivity index (χ2v) is 6.07. The third-order valence-electron chi connectivity index (χ3n) is 4.78. The monoisotopic (exact) mass is 394 g/mol. The van der Waals surface area contributed by atoms with Crippen LogP contribution in [0.1, 0.15) is 31.9 Å². The molecule has 0 radical (unpaired) electrons. The molecule has 1 aromatic carbocycles. The highest BCUT2D eigenvalue weighted by Gasteiger charge is 2.30. The van der Waals surface area contributed by atoms with Gasteiger partial charge in [-0.05, 0) is 12.0 Å². The molecule has 1 saturated heterocycles. The number of benzene rings is 1. The first-order valence-corrected chi connectivity index (χ1v) is 8.40. The van der Waals surface area contributed by atoms with Gasteiger partial charge in [0.2, 0.25) is 0 Å². The molecule has 2 atom stereocenters. The van der Waals surface area contributed by atoms with Gasteiger partial charge in [0.15, 0.2) is 11.5 Å². The number of nitrogens with one attached hydrogen (secondary N) is 1. The van der Waals surface area contributed by atoms with Crippen LogP contribution in [0.3, 0.4) is 0 Å². The van der Waals surface area contributed by atoms with Crippen LogP contribution in [-0.2, 0) is 0 Å². The van der Waals surface area contributed by atoms with E-state index in [1.807, 2.05) is 6.07 Å². The number of methoxy groups -OCH3 is 3. The van der Waals surface area contributed by atoms with Crippen LogP contribution in [0.4, 0.5) is 0 Å². The molecule has 1 fully saturated rings. The van der Waals surface area contributed by atoms with Gasteiger partial charge in [0.1, 0.15) is 5.75 Å². The fourth-order valence-corrected chi connectivity index (χ4v) is 3.33. The van der Waals surface area contributed by atoms with Crippen molar-refractivity contribution >= 4 is 24.8 Å². The van der Waals surface area contributed by atoms with Gasteiger partial charge in [0, 0.05) is 43.9 Å². The average Bonchev–Trinajstić information content (AvgIpc) is 2.62. The van der Waals surface area contributed by atoms with E-state index in [1.165, 1.54) is 5.56 Å². The van der Waals surface area contributed by atoms with Crippen LogP contribution in [0.15, 0.2) is 12.1 Å². The van der Waals surface area contributed by atoms with Crippen molar-refractivity contribution in [3.05, 3.63) is 17.7 Å². The first-order valence-electron chi connectivity index (χ1n) is 8.40. The summed E-state index contributed by atoms with van der Waals surface area (Å²) in [5.41, 5.74) is 1.18. The maximum absolute atomic E-state index is 5.68. The van der Waals surface area contributed by atoms with Gasteiger partial charge in [-0.3, -0.25) is 4.90 Å². The maximum atomic E-state index is 5.68. The van der Waals surface area contributed by atoms with Crippen LogP contribution in [0.2, 0.25) is 0 Å². The zero-order valence-electron chi connectivity index (χ0n) is 15.8. The number of rotatable bonds is 7. The SMILES string of the molecule is CCC(C)[C@H](c1cc(OC)c(OC)cc1OC)N1CCNCC1.Cl.Cl. The molecule has 1 aliphatic rings. The van der Waals surface area contributed by atoms with Gasteiger partial charge >= 0.3 is 0 Å². The Bertz CT molecular complexity index is 511. The Morgan fingerprint density at radius 2 is 1.48 bits per heavy atom. The molecule has 1 aromatic rings. The molecular weight excluding hydrogens is 363 g/mol. The molecule has 1 N–H and O–H groups in total. The summed E-state index contributed by atoms with van der Waals surface area (Å²) in [5, 5.41) is 3.43. The molecule has 5 nitrogen and oxygen atoms in total. The maximum Gasteiger partial charge on any atom is 0.164 e. The molecular formula is C18H32Cl2N2O3. The van der Waals surface area contributed by atoms with Crippen molar-refractivity contribution in [3.8, 4) is 17.2 Å². The van der Waals surface area contributed by atoms with Crippen LogP contribution in [0, 0.1) is 5.92 Å². The Morgan fingerprint density at radius 1 is 0.960 bits per heavy atom. The van der Waals surface area contributed by atoms with Crippen molar-refractivity contribution in [3.63, 3.8) is 0 Å². The normalized spacial score (nSPS) is 16.8. The molecule has 2 rings (SSSR count). The molecule has 0 amide bonds. The van der Waals surface area contributed by atoms with Gasteiger partial charge in [-0.2, -0.15) is 0 Å². The van der Waals surface area contributed by atoms with Gasteiger partial charge < -0.3 is 19.5 Å². The summed E-state index contributed by atoms with van der Waals surface area (Å²) in [7, 11) is 5.05. The van der Waals surface area contributed by atoms with E-state index >= 15 is 0 Å². The van der Waals surface area contributed by atoms with Crippen molar-refractivity contribution in [1.82, 2.24) is 10.2 Å². The zero-order chi connectivity index (χ0) is 16.8. The summed E-state index contributed by atoms with van der Waals surface area (Å²) in [4.78, 5) is 2.55. The third-order valence-corrected chi connectivity index (χ3v) is 4.78. The van der Waals surface area contributed by atoms with Crippen molar-refractivity contribution < 1.29 is 14.2 Å². The molecule has 0 saturated carbocycles. The Labute approximate surface area is 164 Å². The van der Waals surface area contributed by atoms with E-state index < -0.39 is 0 Å². The summed E-state index contributed by atoms with van der Waals surface area (Å²) in [6.07, 6.45) is 1.12. The highest BCUT2D eigenvalue weighted by molar-refractivity contribution is 5.85. The molecule has 0 aliphatic carbocycles. The van der Waals surface area contributed by atoms with E-state index in [2.05, 4.69) is 30.1 Å². The Morgan fingerprint density at radius 3 is 1.96 bits per heavy atom. The number of hydrogen-bond acceptors (Lipinski definition) is 5. The average molecular weight is 395 g/mol. The van der Waals surface area contributed by atoms with Gasteiger partial charge in [0.05, 0.1) is 21.3 Å². The van der Waals surface area contributed by atoms with E-state index in [1.54, 1.807) is 21.3 Å². The Hall–Kier alpha value is -0.880. The third kappa shape index (κ3) is 5.55. The lowest BCUT2D eigenvalue weighted by Crippen LogP contribution is -2.46. The molecule has 25 heavy (non-hydrogen) atoms. The van der Waals surface area contributed by atoms with Crippen molar-refractivity contribution in [2.75, 3.05) is 47.5 Å². The predicted molar refractivity (Wildman–Crippen MR) is 107 cm³/mol. The number of piperazine rings is 1. The Balaban J connectivity index is 0.00000288. The largest absolute Gasteiger partial charge is 0.496 e.